The highest BCUT2D eigenvalue weighted by atomic mass is 19.4. The Morgan fingerprint density at radius 2 is 1.81 bits per heavy atom. The van der Waals surface area contributed by atoms with Crippen molar-refractivity contribution in [3.8, 4) is 0 Å². The number of anilines is 1. The summed E-state index contributed by atoms with van der Waals surface area (Å²) in [5.41, 5.74) is 0.315. The van der Waals surface area contributed by atoms with Gasteiger partial charge in [-0.05, 0) is 31.5 Å². The molecule has 0 aromatic heterocycles. The van der Waals surface area contributed by atoms with Gasteiger partial charge in [0.1, 0.15) is 0 Å². The van der Waals surface area contributed by atoms with Crippen molar-refractivity contribution in [2.75, 3.05) is 24.5 Å². The third-order valence-electron chi connectivity index (χ3n) is 3.87. The number of piperidine rings is 1. The van der Waals surface area contributed by atoms with Gasteiger partial charge in [0, 0.05) is 24.8 Å². The lowest BCUT2D eigenvalue weighted by Gasteiger charge is -2.38. The van der Waals surface area contributed by atoms with E-state index in [0.717, 1.165) is 24.5 Å². The number of nitrogens with zero attached hydrogens (tertiary/aromatic N) is 2. The molecule has 1 heterocycles. The van der Waals surface area contributed by atoms with Crippen LogP contribution in [-0.2, 0) is 4.79 Å². The maximum absolute atomic E-state index is 12.9. The van der Waals surface area contributed by atoms with Gasteiger partial charge in [0.2, 0.25) is 0 Å². The number of hydrogen-bond acceptors (Lipinski definition) is 2. The second kappa shape index (κ2) is 6.47. The second-order valence-corrected chi connectivity index (χ2v) is 5.17. The number of rotatable bonds is 3. The predicted molar refractivity (Wildman–Crippen MR) is 75.1 cm³/mol. The minimum atomic E-state index is -4.85. The van der Waals surface area contributed by atoms with Gasteiger partial charge in [-0.2, -0.15) is 13.2 Å². The molecule has 3 nitrogen and oxygen atoms in total. The van der Waals surface area contributed by atoms with E-state index in [9.17, 15) is 18.0 Å². The average Bonchev–Trinajstić information content (AvgIpc) is 2.48. The maximum Gasteiger partial charge on any atom is 0.471 e. The molecule has 0 unspecified atom stereocenters. The Bertz CT molecular complexity index is 468. The Labute approximate surface area is 122 Å². The van der Waals surface area contributed by atoms with Crippen LogP contribution in [0.15, 0.2) is 30.3 Å². The van der Waals surface area contributed by atoms with Gasteiger partial charge < -0.3 is 9.80 Å². The Balaban J connectivity index is 2.23. The average molecular weight is 300 g/mol. The van der Waals surface area contributed by atoms with Gasteiger partial charge in [-0.15, -0.1) is 0 Å². The van der Waals surface area contributed by atoms with Crippen LogP contribution in [-0.4, -0.2) is 42.7 Å². The Morgan fingerprint density at radius 1 is 1.24 bits per heavy atom. The van der Waals surface area contributed by atoms with Crippen LogP contribution in [0.3, 0.4) is 0 Å². The topological polar surface area (TPSA) is 23.6 Å². The Kier molecular flexibility index (Phi) is 4.88. The van der Waals surface area contributed by atoms with E-state index < -0.39 is 18.1 Å². The van der Waals surface area contributed by atoms with Crippen LogP contribution in [0.1, 0.15) is 19.8 Å². The number of likely N-dealkylation sites (tertiary alicyclic amines) is 1. The maximum atomic E-state index is 12.9. The summed E-state index contributed by atoms with van der Waals surface area (Å²) in [5.74, 6) is -1.77. The number of carbonyl (C=O) groups excluding carboxylic acids is 1. The van der Waals surface area contributed by atoms with Crippen LogP contribution < -0.4 is 4.90 Å². The minimum Gasteiger partial charge on any atom is -0.303 e. The zero-order valence-electron chi connectivity index (χ0n) is 11.9. The standard InChI is InChI=1S/C15H19F3N2O/c1-2-19-10-8-13(9-11-19)20(14(21)15(16,17)18)12-6-4-3-5-7-12/h3-7,13H,2,8-11H2,1H3. The molecule has 6 heteroatoms. The van der Waals surface area contributed by atoms with Crippen molar-refractivity contribution in [3.05, 3.63) is 30.3 Å². The van der Waals surface area contributed by atoms with E-state index in [1.165, 1.54) is 0 Å². The number of para-hydroxylation sites is 1. The van der Waals surface area contributed by atoms with Crippen molar-refractivity contribution in [1.82, 2.24) is 4.90 Å². The van der Waals surface area contributed by atoms with E-state index in [0.29, 0.717) is 18.5 Å². The summed E-state index contributed by atoms with van der Waals surface area (Å²) >= 11 is 0. The summed E-state index contributed by atoms with van der Waals surface area (Å²) in [6.07, 6.45) is -3.73. The van der Waals surface area contributed by atoms with Gasteiger partial charge in [0.05, 0.1) is 0 Å². The predicted octanol–water partition coefficient (Wildman–Crippen LogP) is 3.07. The zero-order valence-corrected chi connectivity index (χ0v) is 11.9. The highest BCUT2D eigenvalue weighted by Crippen LogP contribution is 2.29. The molecule has 1 saturated heterocycles. The van der Waals surface area contributed by atoms with Gasteiger partial charge in [0.25, 0.3) is 0 Å². The van der Waals surface area contributed by atoms with Crippen LogP contribution in [0.25, 0.3) is 0 Å². The first-order valence-electron chi connectivity index (χ1n) is 7.11. The molecule has 0 bridgehead atoms. The van der Waals surface area contributed by atoms with Gasteiger partial charge in [-0.3, -0.25) is 4.79 Å². The number of halogens is 3. The zero-order chi connectivity index (χ0) is 15.5. The lowest BCUT2D eigenvalue weighted by atomic mass is 10.0. The fourth-order valence-electron chi connectivity index (χ4n) is 2.71. The monoisotopic (exact) mass is 300 g/mol. The molecule has 1 aromatic rings. The molecule has 0 saturated carbocycles. The third kappa shape index (κ3) is 3.75. The summed E-state index contributed by atoms with van der Waals surface area (Å²) in [7, 11) is 0. The third-order valence-corrected chi connectivity index (χ3v) is 3.87. The van der Waals surface area contributed by atoms with E-state index in [-0.39, 0.29) is 0 Å². The summed E-state index contributed by atoms with van der Waals surface area (Å²) in [4.78, 5) is 14.9. The lowest BCUT2D eigenvalue weighted by Crippen LogP contribution is -2.51. The summed E-state index contributed by atoms with van der Waals surface area (Å²) in [5, 5.41) is 0. The molecule has 116 valence electrons. The number of carbonyl (C=O) groups is 1. The molecular formula is C15H19F3N2O. The van der Waals surface area contributed by atoms with E-state index >= 15 is 0 Å². The van der Waals surface area contributed by atoms with E-state index in [2.05, 4.69) is 4.90 Å². The highest BCUT2D eigenvalue weighted by molar-refractivity contribution is 5.97. The molecule has 1 amide bonds. The van der Waals surface area contributed by atoms with Crippen molar-refractivity contribution in [2.24, 2.45) is 0 Å². The van der Waals surface area contributed by atoms with Crippen molar-refractivity contribution < 1.29 is 18.0 Å². The molecule has 0 spiro atoms. The van der Waals surface area contributed by atoms with Crippen molar-refractivity contribution in [2.45, 2.75) is 32.0 Å². The van der Waals surface area contributed by atoms with Crippen molar-refractivity contribution in [3.63, 3.8) is 0 Å². The molecule has 1 fully saturated rings. The van der Waals surface area contributed by atoms with Crippen molar-refractivity contribution >= 4 is 11.6 Å². The lowest BCUT2D eigenvalue weighted by molar-refractivity contribution is -0.171. The van der Waals surface area contributed by atoms with Crippen molar-refractivity contribution in [1.29, 1.82) is 0 Å². The molecule has 0 atom stereocenters. The Hall–Kier alpha value is -1.56. The number of hydrogen-bond donors (Lipinski definition) is 0. The normalized spacial score (nSPS) is 17.7. The van der Waals surface area contributed by atoms with E-state index in [4.69, 9.17) is 0 Å². The highest BCUT2D eigenvalue weighted by Gasteiger charge is 2.45. The first kappa shape index (κ1) is 15.8. The quantitative estimate of drug-likeness (QED) is 0.856. The van der Waals surface area contributed by atoms with Crippen LogP contribution >= 0.6 is 0 Å². The Morgan fingerprint density at radius 3 is 2.29 bits per heavy atom. The largest absolute Gasteiger partial charge is 0.471 e. The summed E-state index contributed by atoms with van der Waals surface area (Å²) in [6, 6.07) is 7.72. The van der Waals surface area contributed by atoms with E-state index in [1.54, 1.807) is 30.3 Å². The van der Waals surface area contributed by atoms with Crippen LogP contribution in [0.2, 0.25) is 0 Å². The smallest absolute Gasteiger partial charge is 0.303 e. The minimum absolute atomic E-state index is 0.315. The molecule has 1 aliphatic heterocycles. The molecular weight excluding hydrogens is 281 g/mol. The van der Waals surface area contributed by atoms with Gasteiger partial charge in [-0.25, -0.2) is 0 Å². The second-order valence-electron chi connectivity index (χ2n) is 5.17. The molecule has 1 aromatic carbocycles. The van der Waals surface area contributed by atoms with Crippen LogP contribution in [0.5, 0.6) is 0 Å². The number of amides is 1. The summed E-state index contributed by atoms with van der Waals surface area (Å²) in [6.45, 7) is 4.34. The number of benzene rings is 1. The van der Waals surface area contributed by atoms with Gasteiger partial charge >= 0.3 is 12.1 Å². The van der Waals surface area contributed by atoms with Crippen LogP contribution in [0.4, 0.5) is 18.9 Å². The molecule has 2 rings (SSSR count). The van der Waals surface area contributed by atoms with Crippen LogP contribution in [0, 0.1) is 0 Å². The molecule has 0 radical (unpaired) electrons. The molecule has 0 N–H and O–H groups in total. The summed E-state index contributed by atoms with van der Waals surface area (Å²) < 4.78 is 38.6. The molecule has 21 heavy (non-hydrogen) atoms. The van der Waals surface area contributed by atoms with E-state index in [1.807, 2.05) is 6.92 Å². The fourth-order valence-corrected chi connectivity index (χ4v) is 2.71. The van der Waals surface area contributed by atoms with Gasteiger partial charge in [-0.1, -0.05) is 25.1 Å². The SMILES string of the molecule is CCN1CCC(N(C(=O)C(F)(F)F)c2ccccc2)CC1. The molecule has 0 aliphatic carbocycles. The van der Waals surface area contributed by atoms with Gasteiger partial charge in [0.15, 0.2) is 0 Å². The fraction of sp³-hybridized carbons (Fsp3) is 0.533. The number of alkyl halides is 3. The molecule has 1 aliphatic rings. The first-order valence-corrected chi connectivity index (χ1v) is 7.11. The first-order chi connectivity index (χ1) is 9.93.